The Balaban J connectivity index is 1.89. The summed E-state index contributed by atoms with van der Waals surface area (Å²) in [4.78, 5) is 11.8. The van der Waals surface area contributed by atoms with Crippen molar-refractivity contribution in [3.8, 4) is 0 Å². The fourth-order valence-electron chi connectivity index (χ4n) is 3.79. The smallest absolute Gasteiger partial charge is 0.306 e. The first kappa shape index (κ1) is 13.6. The first-order chi connectivity index (χ1) is 8.48. The minimum atomic E-state index is 0.00801. The van der Waals surface area contributed by atoms with Crippen molar-refractivity contribution in [3.63, 3.8) is 0 Å². The molecule has 18 heavy (non-hydrogen) atoms. The topological polar surface area (TPSA) is 26.3 Å². The Hall–Kier alpha value is -0.790. The van der Waals surface area contributed by atoms with Gasteiger partial charge in [0.25, 0.3) is 0 Å². The van der Waals surface area contributed by atoms with Crippen LogP contribution < -0.4 is 0 Å². The van der Waals surface area contributed by atoms with Crippen molar-refractivity contribution in [1.82, 2.24) is 0 Å². The summed E-state index contributed by atoms with van der Waals surface area (Å²) in [5, 5.41) is 0. The summed E-state index contributed by atoms with van der Waals surface area (Å²) < 4.78 is 5.73. The molecular weight excluding hydrogens is 224 g/mol. The second kappa shape index (κ2) is 5.07. The molecule has 0 heterocycles. The minimum Gasteiger partial charge on any atom is -0.461 e. The molecule has 0 amide bonds. The minimum absolute atomic E-state index is 0.00801. The van der Waals surface area contributed by atoms with Crippen molar-refractivity contribution >= 4 is 5.97 Å². The molecule has 0 aliphatic heterocycles. The molecule has 2 bridgehead atoms. The van der Waals surface area contributed by atoms with E-state index in [1.165, 1.54) is 5.57 Å². The van der Waals surface area contributed by atoms with Gasteiger partial charge < -0.3 is 4.74 Å². The van der Waals surface area contributed by atoms with Crippen molar-refractivity contribution in [2.24, 2.45) is 17.3 Å². The number of allylic oxidation sites excluding steroid dienone is 1. The van der Waals surface area contributed by atoms with Gasteiger partial charge in [-0.25, -0.2) is 0 Å². The van der Waals surface area contributed by atoms with Crippen LogP contribution in [0, 0.1) is 17.3 Å². The summed E-state index contributed by atoms with van der Waals surface area (Å²) >= 11 is 0. The van der Waals surface area contributed by atoms with Crippen LogP contribution in [-0.4, -0.2) is 12.1 Å². The van der Waals surface area contributed by atoms with Crippen LogP contribution >= 0.6 is 0 Å². The molecule has 1 fully saturated rings. The standard InChI is InChI=1S/C16H26O2/c1-5-6-7-8-13(17)18-15-12-10-9-11(2)14(15)16(12,3)4/h9,12,14-15H,5-8,10H2,1-4H3. The van der Waals surface area contributed by atoms with E-state index in [0.29, 0.717) is 23.7 Å². The molecule has 3 atom stereocenters. The maximum atomic E-state index is 11.8. The van der Waals surface area contributed by atoms with Gasteiger partial charge in [-0.1, -0.05) is 45.3 Å². The Morgan fingerprint density at radius 2 is 2.17 bits per heavy atom. The van der Waals surface area contributed by atoms with E-state index in [1.54, 1.807) is 0 Å². The maximum Gasteiger partial charge on any atom is 0.306 e. The van der Waals surface area contributed by atoms with Gasteiger partial charge in [0.15, 0.2) is 0 Å². The van der Waals surface area contributed by atoms with Gasteiger partial charge in [-0.3, -0.25) is 4.79 Å². The number of carbonyl (C=O) groups is 1. The molecule has 0 aromatic carbocycles. The van der Waals surface area contributed by atoms with Crippen molar-refractivity contribution in [3.05, 3.63) is 11.6 Å². The van der Waals surface area contributed by atoms with E-state index in [9.17, 15) is 4.79 Å². The highest BCUT2D eigenvalue weighted by atomic mass is 16.5. The van der Waals surface area contributed by atoms with Crippen LogP contribution in [0.15, 0.2) is 11.6 Å². The van der Waals surface area contributed by atoms with Crippen LogP contribution in [0.4, 0.5) is 0 Å². The molecule has 2 nitrogen and oxygen atoms in total. The van der Waals surface area contributed by atoms with Gasteiger partial charge in [0, 0.05) is 18.3 Å². The Morgan fingerprint density at radius 1 is 1.44 bits per heavy atom. The molecule has 2 heteroatoms. The maximum absolute atomic E-state index is 11.8. The SMILES string of the molecule is CCCCCC(=O)OC1C2CC=C(C)C1C2(C)C. The number of carbonyl (C=O) groups excluding carboxylic acids is 1. The monoisotopic (exact) mass is 250 g/mol. The van der Waals surface area contributed by atoms with Crippen LogP contribution in [0.5, 0.6) is 0 Å². The Kier molecular flexibility index (Phi) is 3.84. The Morgan fingerprint density at radius 3 is 2.72 bits per heavy atom. The summed E-state index contributed by atoms with van der Waals surface area (Å²) in [6.07, 6.45) is 7.37. The molecule has 3 unspecified atom stereocenters. The molecule has 0 aromatic rings. The Bertz CT molecular complexity index is 354. The van der Waals surface area contributed by atoms with Crippen LogP contribution in [0.3, 0.4) is 0 Å². The second-order valence-electron chi connectivity index (χ2n) is 6.50. The van der Waals surface area contributed by atoms with Crippen LogP contribution in [0.25, 0.3) is 0 Å². The predicted molar refractivity (Wildman–Crippen MR) is 73.2 cm³/mol. The van der Waals surface area contributed by atoms with Crippen LogP contribution in [-0.2, 0) is 9.53 Å². The molecule has 0 spiro atoms. The number of hydrogen-bond acceptors (Lipinski definition) is 2. The average molecular weight is 250 g/mol. The number of unbranched alkanes of at least 4 members (excludes halogenated alkanes) is 2. The summed E-state index contributed by atoms with van der Waals surface area (Å²) in [6.45, 7) is 8.94. The van der Waals surface area contributed by atoms with Crippen molar-refractivity contribution in [2.45, 2.75) is 65.9 Å². The zero-order valence-corrected chi connectivity index (χ0v) is 12.2. The van der Waals surface area contributed by atoms with Crippen LogP contribution in [0.1, 0.15) is 59.8 Å². The van der Waals surface area contributed by atoms with Crippen molar-refractivity contribution < 1.29 is 9.53 Å². The van der Waals surface area contributed by atoms with Gasteiger partial charge in [-0.2, -0.15) is 0 Å². The van der Waals surface area contributed by atoms with E-state index in [0.717, 1.165) is 25.7 Å². The zero-order chi connectivity index (χ0) is 13.3. The molecule has 3 rings (SSSR count). The highest BCUT2D eigenvalue weighted by Crippen LogP contribution is 2.60. The second-order valence-corrected chi connectivity index (χ2v) is 6.50. The van der Waals surface area contributed by atoms with E-state index in [4.69, 9.17) is 4.74 Å². The number of fused-ring (bicyclic) bond motifs is 1. The third kappa shape index (κ3) is 2.22. The third-order valence-electron chi connectivity index (χ3n) is 4.92. The van der Waals surface area contributed by atoms with E-state index < -0.39 is 0 Å². The summed E-state index contributed by atoms with van der Waals surface area (Å²) in [5.74, 6) is 0.987. The number of esters is 1. The number of ether oxygens (including phenoxy) is 1. The molecule has 3 aliphatic carbocycles. The highest BCUT2D eigenvalue weighted by Gasteiger charge is 2.60. The lowest BCUT2D eigenvalue weighted by atomic mass is 9.47. The van der Waals surface area contributed by atoms with E-state index in [2.05, 4.69) is 33.8 Å². The molecule has 0 aromatic heterocycles. The lowest BCUT2D eigenvalue weighted by Crippen LogP contribution is -2.61. The normalized spacial score (nSPS) is 32.4. The summed E-state index contributed by atoms with van der Waals surface area (Å²) in [5.41, 5.74) is 1.72. The van der Waals surface area contributed by atoms with Gasteiger partial charge in [0.05, 0.1) is 0 Å². The molecule has 0 saturated heterocycles. The van der Waals surface area contributed by atoms with E-state index in [-0.39, 0.29) is 12.1 Å². The summed E-state index contributed by atoms with van der Waals surface area (Å²) in [7, 11) is 0. The largest absolute Gasteiger partial charge is 0.461 e. The van der Waals surface area contributed by atoms with E-state index in [1.807, 2.05) is 0 Å². The van der Waals surface area contributed by atoms with E-state index >= 15 is 0 Å². The lowest BCUT2D eigenvalue weighted by molar-refractivity contribution is -0.192. The highest BCUT2D eigenvalue weighted by molar-refractivity contribution is 5.69. The van der Waals surface area contributed by atoms with Gasteiger partial charge in [-0.15, -0.1) is 0 Å². The number of rotatable bonds is 5. The molecule has 1 saturated carbocycles. The Labute approximate surface area is 111 Å². The van der Waals surface area contributed by atoms with Crippen molar-refractivity contribution in [1.29, 1.82) is 0 Å². The molecule has 0 N–H and O–H groups in total. The first-order valence-corrected chi connectivity index (χ1v) is 7.34. The lowest BCUT2D eigenvalue weighted by Gasteiger charge is -2.60. The predicted octanol–water partition coefficient (Wildman–Crippen LogP) is 4.10. The van der Waals surface area contributed by atoms with Gasteiger partial charge in [-0.05, 0) is 25.2 Å². The molecule has 102 valence electrons. The fourth-order valence-corrected chi connectivity index (χ4v) is 3.79. The van der Waals surface area contributed by atoms with Crippen LogP contribution in [0.2, 0.25) is 0 Å². The van der Waals surface area contributed by atoms with Gasteiger partial charge >= 0.3 is 5.97 Å². The zero-order valence-electron chi connectivity index (χ0n) is 12.2. The number of hydrogen-bond donors (Lipinski definition) is 0. The molecule has 0 radical (unpaired) electrons. The quantitative estimate of drug-likeness (QED) is 0.417. The average Bonchev–Trinajstić information content (AvgIpc) is 2.28. The van der Waals surface area contributed by atoms with Gasteiger partial charge in [0.2, 0.25) is 0 Å². The third-order valence-corrected chi connectivity index (χ3v) is 4.92. The van der Waals surface area contributed by atoms with Crippen molar-refractivity contribution in [2.75, 3.05) is 0 Å². The fraction of sp³-hybridized carbons (Fsp3) is 0.812. The summed E-state index contributed by atoms with van der Waals surface area (Å²) in [6, 6.07) is 0. The first-order valence-electron chi connectivity index (χ1n) is 7.34. The molecule has 3 aliphatic rings. The van der Waals surface area contributed by atoms with Gasteiger partial charge in [0.1, 0.15) is 6.10 Å². The molecular formula is C16H26O2.